The number of carbonyl (C=O) groups is 2. The maximum atomic E-state index is 12.8. The molecule has 26 heavy (non-hydrogen) atoms. The van der Waals surface area contributed by atoms with Crippen LogP contribution in [0.3, 0.4) is 0 Å². The van der Waals surface area contributed by atoms with Crippen LogP contribution in [0, 0.1) is 11.8 Å². The van der Waals surface area contributed by atoms with Crippen LogP contribution in [0.25, 0.3) is 0 Å². The fourth-order valence-electron chi connectivity index (χ4n) is 3.71. The maximum absolute atomic E-state index is 12.8. The van der Waals surface area contributed by atoms with Crippen molar-refractivity contribution in [2.45, 2.75) is 51.8 Å². The SMILES string of the molecule is COc1ccc(CN(C(=O)OC(C)(C)C)[C@@H]2C[C@@H]3COC(=O)[C@@H]3C2)cc1. The van der Waals surface area contributed by atoms with Gasteiger partial charge in [-0.3, -0.25) is 4.79 Å². The Balaban J connectivity index is 1.77. The molecule has 0 unspecified atom stereocenters. The molecule has 3 rings (SSSR count). The highest BCUT2D eigenvalue weighted by atomic mass is 16.6. The van der Waals surface area contributed by atoms with Crippen molar-refractivity contribution >= 4 is 12.1 Å². The summed E-state index contributed by atoms with van der Waals surface area (Å²) in [5.41, 5.74) is 0.430. The van der Waals surface area contributed by atoms with E-state index < -0.39 is 5.60 Å². The Bertz CT molecular complexity index is 664. The van der Waals surface area contributed by atoms with E-state index in [0.29, 0.717) is 19.6 Å². The molecular formula is C20H27NO5. The van der Waals surface area contributed by atoms with Gasteiger partial charge in [0.15, 0.2) is 0 Å². The summed E-state index contributed by atoms with van der Waals surface area (Å²) < 4.78 is 16.0. The van der Waals surface area contributed by atoms with Crippen LogP contribution in [0.15, 0.2) is 24.3 Å². The zero-order valence-electron chi connectivity index (χ0n) is 15.9. The summed E-state index contributed by atoms with van der Waals surface area (Å²) in [5.74, 6) is 0.746. The first-order chi connectivity index (χ1) is 12.3. The lowest BCUT2D eigenvalue weighted by atomic mass is 10.0. The summed E-state index contributed by atoms with van der Waals surface area (Å²) in [6.07, 6.45) is 1.07. The lowest BCUT2D eigenvalue weighted by Crippen LogP contribution is -2.42. The average molecular weight is 361 g/mol. The molecule has 0 aromatic heterocycles. The molecule has 2 aliphatic rings. The van der Waals surface area contributed by atoms with Gasteiger partial charge in [-0.15, -0.1) is 0 Å². The monoisotopic (exact) mass is 361 g/mol. The summed E-state index contributed by atoms with van der Waals surface area (Å²) in [4.78, 5) is 26.5. The van der Waals surface area contributed by atoms with Gasteiger partial charge in [0.2, 0.25) is 0 Å². The van der Waals surface area contributed by atoms with Crippen LogP contribution >= 0.6 is 0 Å². The lowest BCUT2D eigenvalue weighted by molar-refractivity contribution is -0.141. The van der Waals surface area contributed by atoms with Gasteiger partial charge >= 0.3 is 12.1 Å². The third-order valence-corrected chi connectivity index (χ3v) is 4.99. The minimum atomic E-state index is -0.567. The van der Waals surface area contributed by atoms with Crippen molar-refractivity contribution < 1.29 is 23.8 Å². The molecule has 6 nitrogen and oxygen atoms in total. The van der Waals surface area contributed by atoms with Crippen LogP contribution in [-0.4, -0.2) is 42.3 Å². The quantitative estimate of drug-likeness (QED) is 0.769. The summed E-state index contributed by atoms with van der Waals surface area (Å²) >= 11 is 0. The van der Waals surface area contributed by atoms with Gasteiger partial charge in [0.05, 0.1) is 19.6 Å². The normalized spacial score (nSPS) is 24.8. The highest BCUT2D eigenvalue weighted by Gasteiger charge is 2.47. The number of carbonyl (C=O) groups excluding carboxylic acids is 2. The molecule has 3 atom stereocenters. The number of methoxy groups -OCH3 is 1. The Morgan fingerprint density at radius 3 is 2.50 bits per heavy atom. The Hall–Kier alpha value is -2.24. The molecular weight excluding hydrogens is 334 g/mol. The first-order valence-electron chi connectivity index (χ1n) is 9.06. The van der Waals surface area contributed by atoms with Crippen molar-refractivity contribution in [1.82, 2.24) is 4.90 Å². The van der Waals surface area contributed by atoms with E-state index in [1.54, 1.807) is 12.0 Å². The highest BCUT2D eigenvalue weighted by molar-refractivity contribution is 5.76. The number of rotatable bonds is 4. The second-order valence-corrected chi connectivity index (χ2v) is 8.08. The molecule has 1 heterocycles. The van der Waals surface area contributed by atoms with Crippen molar-refractivity contribution in [2.75, 3.05) is 13.7 Å². The van der Waals surface area contributed by atoms with E-state index in [4.69, 9.17) is 14.2 Å². The summed E-state index contributed by atoms with van der Waals surface area (Å²) in [5, 5.41) is 0. The van der Waals surface area contributed by atoms with Crippen LogP contribution < -0.4 is 4.74 Å². The molecule has 2 fully saturated rings. The van der Waals surface area contributed by atoms with E-state index in [9.17, 15) is 9.59 Å². The third kappa shape index (κ3) is 4.11. The molecule has 0 radical (unpaired) electrons. The molecule has 1 aliphatic carbocycles. The second-order valence-electron chi connectivity index (χ2n) is 8.08. The number of benzene rings is 1. The van der Waals surface area contributed by atoms with E-state index in [1.165, 1.54) is 0 Å². The van der Waals surface area contributed by atoms with Crippen LogP contribution in [0.1, 0.15) is 39.2 Å². The van der Waals surface area contributed by atoms with E-state index in [2.05, 4.69) is 0 Å². The highest BCUT2D eigenvalue weighted by Crippen LogP contribution is 2.40. The second kappa shape index (κ2) is 7.17. The molecule has 1 saturated heterocycles. The Labute approximate surface area is 154 Å². The molecule has 142 valence electrons. The van der Waals surface area contributed by atoms with Crippen molar-refractivity contribution in [3.8, 4) is 5.75 Å². The number of amides is 1. The molecule has 0 bridgehead atoms. The zero-order valence-corrected chi connectivity index (χ0v) is 15.9. The summed E-state index contributed by atoms with van der Waals surface area (Å²) in [6.45, 7) is 6.48. The molecule has 1 aromatic rings. The number of esters is 1. The van der Waals surface area contributed by atoms with Crippen LogP contribution in [0.5, 0.6) is 5.75 Å². The number of nitrogens with zero attached hydrogens (tertiary/aromatic N) is 1. The molecule has 0 N–H and O–H groups in total. The minimum Gasteiger partial charge on any atom is -0.497 e. The van der Waals surface area contributed by atoms with E-state index >= 15 is 0 Å². The largest absolute Gasteiger partial charge is 0.497 e. The van der Waals surface area contributed by atoms with Gasteiger partial charge < -0.3 is 19.1 Å². The van der Waals surface area contributed by atoms with Gasteiger partial charge in [-0.05, 0) is 51.3 Å². The lowest BCUT2D eigenvalue weighted by Gasteiger charge is -2.32. The summed E-state index contributed by atoms with van der Waals surface area (Å²) in [7, 11) is 1.62. The summed E-state index contributed by atoms with van der Waals surface area (Å²) in [6, 6.07) is 7.63. The fourth-order valence-corrected chi connectivity index (χ4v) is 3.71. The smallest absolute Gasteiger partial charge is 0.410 e. The van der Waals surface area contributed by atoms with Crippen LogP contribution in [-0.2, 0) is 20.8 Å². The number of cyclic esters (lactones) is 1. The van der Waals surface area contributed by atoms with E-state index in [-0.39, 0.29) is 29.9 Å². The van der Waals surface area contributed by atoms with Crippen molar-refractivity contribution in [3.05, 3.63) is 29.8 Å². The minimum absolute atomic E-state index is 0.0187. The van der Waals surface area contributed by atoms with E-state index in [1.807, 2.05) is 45.0 Å². The number of hydrogen-bond acceptors (Lipinski definition) is 5. The predicted molar refractivity (Wildman–Crippen MR) is 95.7 cm³/mol. The van der Waals surface area contributed by atoms with Crippen LogP contribution in [0.2, 0.25) is 0 Å². The topological polar surface area (TPSA) is 65.1 Å². The Morgan fingerprint density at radius 2 is 1.92 bits per heavy atom. The third-order valence-electron chi connectivity index (χ3n) is 4.99. The maximum Gasteiger partial charge on any atom is 0.410 e. The predicted octanol–water partition coefficient (Wildman–Crippen LogP) is 3.38. The van der Waals surface area contributed by atoms with Crippen molar-refractivity contribution in [1.29, 1.82) is 0 Å². The first kappa shape index (κ1) is 18.5. The molecule has 1 saturated carbocycles. The van der Waals surface area contributed by atoms with Crippen LogP contribution in [0.4, 0.5) is 4.79 Å². The molecule has 1 aliphatic heterocycles. The number of ether oxygens (including phenoxy) is 3. The van der Waals surface area contributed by atoms with Gasteiger partial charge in [-0.2, -0.15) is 0 Å². The van der Waals surface area contributed by atoms with Gasteiger partial charge in [0, 0.05) is 18.5 Å². The molecule has 1 amide bonds. The number of hydrogen-bond donors (Lipinski definition) is 0. The molecule has 0 spiro atoms. The van der Waals surface area contributed by atoms with Gasteiger partial charge in [-0.25, -0.2) is 4.79 Å². The standard InChI is InChI=1S/C20H27NO5/c1-20(2,3)26-19(23)21(11-13-5-7-16(24-4)8-6-13)15-9-14-12-25-18(22)17(14)10-15/h5-8,14-15,17H,9-12H2,1-4H3/t14-,15-,17-/m1/s1. The molecule has 1 aromatic carbocycles. The Morgan fingerprint density at radius 1 is 1.23 bits per heavy atom. The fraction of sp³-hybridized carbons (Fsp3) is 0.600. The first-order valence-corrected chi connectivity index (χ1v) is 9.06. The van der Waals surface area contributed by atoms with Gasteiger partial charge in [-0.1, -0.05) is 12.1 Å². The van der Waals surface area contributed by atoms with Crippen molar-refractivity contribution in [2.24, 2.45) is 11.8 Å². The average Bonchev–Trinajstić information content (AvgIpc) is 3.14. The van der Waals surface area contributed by atoms with Gasteiger partial charge in [0.1, 0.15) is 11.4 Å². The number of fused-ring (bicyclic) bond motifs is 1. The zero-order chi connectivity index (χ0) is 18.9. The van der Waals surface area contributed by atoms with Gasteiger partial charge in [0.25, 0.3) is 0 Å². The van der Waals surface area contributed by atoms with E-state index in [0.717, 1.165) is 17.7 Å². The molecule has 6 heteroatoms. The Kier molecular flexibility index (Phi) is 5.12. The van der Waals surface area contributed by atoms with Crippen molar-refractivity contribution in [3.63, 3.8) is 0 Å².